The van der Waals surface area contributed by atoms with E-state index in [1.165, 1.54) is 19.2 Å². The Balaban J connectivity index is 1.61. The summed E-state index contributed by atoms with van der Waals surface area (Å²) in [5, 5.41) is 4.43. The number of nitrogens with zero attached hydrogens (tertiary/aromatic N) is 2. The number of methoxy groups -OCH3 is 1. The van der Waals surface area contributed by atoms with E-state index in [4.69, 9.17) is 9.47 Å². The molecule has 1 N–H and O–H groups in total. The van der Waals surface area contributed by atoms with Crippen LogP contribution in [-0.4, -0.2) is 23.0 Å². The molecule has 0 bridgehead atoms. The van der Waals surface area contributed by atoms with E-state index in [0.717, 1.165) is 11.3 Å². The number of amides is 1. The summed E-state index contributed by atoms with van der Waals surface area (Å²) in [5.41, 5.74) is 1.70. The van der Waals surface area contributed by atoms with Crippen LogP contribution in [0.2, 0.25) is 0 Å². The lowest BCUT2D eigenvalue weighted by atomic mass is 10.1. The predicted octanol–water partition coefficient (Wildman–Crippen LogP) is 5.19. The Hall–Kier alpha value is -3.52. The van der Waals surface area contributed by atoms with E-state index in [1.807, 2.05) is 24.3 Å². The first kappa shape index (κ1) is 18.8. The van der Waals surface area contributed by atoms with Crippen molar-refractivity contribution in [2.75, 3.05) is 12.4 Å². The molecule has 2 aromatic carbocycles. The largest absolute Gasteiger partial charge is 0.481 e. The van der Waals surface area contributed by atoms with Gasteiger partial charge in [0.2, 0.25) is 5.88 Å². The third kappa shape index (κ3) is 4.02. The van der Waals surface area contributed by atoms with Gasteiger partial charge in [-0.05, 0) is 25.1 Å². The predicted molar refractivity (Wildman–Crippen MR) is 110 cm³/mol. The number of rotatable bonds is 5. The van der Waals surface area contributed by atoms with Crippen LogP contribution in [0.15, 0.2) is 54.6 Å². The lowest BCUT2D eigenvalue weighted by Crippen LogP contribution is -2.13. The van der Waals surface area contributed by atoms with Crippen LogP contribution in [0.4, 0.5) is 9.39 Å². The summed E-state index contributed by atoms with van der Waals surface area (Å²) >= 11 is 1.16. The van der Waals surface area contributed by atoms with Gasteiger partial charge in [-0.15, -0.1) is 0 Å². The molecule has 4 aromatic rings. The fourth-order valence-corrected chi connectivity index (χ4v) is 3.61. The number of pyridine rings is 1. The van der Waals surface area contributed by atoms with E-state index in [-0.39, 0.29) is 5.91 Å². The number of thiazole rings is 1. The molecule has 2 aromatic heterocycles. The van der Waals surface area contributed by atoms with Gasteiger partial charge in [-0.2, -0.15) is 0 Å². The van der Waals surface area contributed by atoms with E-state index in [0.29, 0.717) is 44.0 Å². The molecule has 146 valence electrons. The highest BCUT2D eigenvalue weighted by atomic mass is 32.1. The van der Waals surface area contributed by atoms with Crippen LogP contribution in [0.5, 0.6) is 16.8 Å². The average Bonchev–Trinajstić information content (AvgIpc) is 3.05. The van der Waals surface area contributed by atoms with Crippen molar-refractivity contribution in [2.24, 2.45) is 0 Å². The molecule has 4 rings (SSSR count). The van der Waals surface area contributed by atoms with Crippen LogP contribution in [0.3, 0.4) is 0 Å². The third-order valence-electron chi connectivity index (χ3n) is 4.15. The van der Waals surface area contributed by atoms with Crippen molar-refractivity contribution in [3.05, 3.63) is 71.7 Å². The van der Waals surface area contributed by atoms with Crippen molar-refractivity contribution in [2.45, 2.75) is 6.92 Å². The second-order valence-corrected chi connectivity index (χ2v) is 7.10. The van der Waals surface area contributed by atoms with Gasteiger partial charge in [0.05, 0.1) is 23.9 Å². The molecule has 0 saturated carbocycles. The number of hydrogen-bond donors (Lipinski definition) is 1. The number of halogens is 1. The molecule has 6 nitrogen and oxygen atoms in total. The molecule has 8 heteroatoms. The molecule has 1 amide bonds. The highest BCUT2D eigenvalue weighted by Crippen LogP contribution is 2.34. The van der Waals surface area contributed by atoms with E-state index >= 15 is 0 Å². The Morgan fingerprint density at radius 2 is 1.93 bits per heavy atom. The van der Waals surface area contributed by atoms with Crippen LogP contribution in [0.25, 0.3) is 10.9 Å². The first-order chi connectivity index (χ1) is 14.0. The number of anilines is 1. The fourth-order valence-electron chi connectivity index (χ4n) is 2.78. The van der Waals surface area contributed by atoms with Gasteiger partial charge >= 0.3 is 0 Å². The molecule has 0 fully saturated rings. The number of aryl methyl sites for hydroxylation is 1. The van der Waals surface area contributed by atoms with E-state index in [2.05, 4.69) is 15.3 Å². The van der Waals surface area contributed by atoms with Crippen molar-refractivity contribution < 1.29 is 18.7 Å². The number of benzene rings is 2. The standard InChI is InChI=1S/C21H16FN3O3S/c1-12-20(29-21(23-12)28-14-7-5-6-13(22)10-14)25-19(26)16-11-18(27-2)24-17-9-4-3-8-15(16)17/h3-11H,1-2H3,(H,25,26). The van der Waals surface area contributed by atoms with E-state index in [1.54, 1.807) is 25.1 Å². The first-order valence-corrected chi connectivity index (χ1v) is 9.51. The highest BCUT2D eigenvalue weighted by Gasteiger charge is 2.17. The maximum absolute atomic E-state index is 13.3. The Kier molecular flexibility index (Phi) is 5.09. The molecule has 2 heterocycles. The topological polar surface area (TPSA) is 73.3 Å². The molecule has 0 aliphatic rings. The fraction of sp³-hybridized carbons (Fsp3) is 0.0952. The number of para-hydroxylation sites is 1. The first-order valence-electron chi connectivity index (χ1n) is 8.69. The zero-order valence-corrected chi connectivity index (χ0v) is 16.4. The van der Waals surface area contributed by atoms with Crippen LogP contribution < -0.4 is 14.8 Å². The smallest absolute Gasteiger partial charge is 0.280 e. The summed E-state index contributed by atoms with van der Waals surface area (Å²) in [6.45, 7) is 1.76. The normalized spacial score (nSPS) is 10.7. The monoisotopic (exact) mass is 409 g/mol. The zero-order chi connectivity index (χ0) is 20.4. The second-order valence-electron chi connectivity index (χ2n) is 6.14. The number of ether oxygens (including phenoxy) is 2. The maximum Gasteiger partial charge on any atom is 0.280 e. The molecule has 0 spiro atoms. The second kappa shape index (κ2) is 7.84. The van der Waals surface area contributed by atoms with Crippen molar-refractivity contribution in [3.63, 3.8) is 0 Å². The van der Waals surface area contributed by atoms with Gasteiger partial charge in [-0.1, -0.05) is 35.6 Å². The van der Waals surface area contributed by atoms with Gasteiger partial charge in [-0.3, -0.25) is 4.79 Å². The Labute approximate surface area is 170 Å². The molecule has 0 aliphatic heterocycles. The van der Waals surface area contributed by atoms with Gasteiger partial charge in [0.25, 0.3) is 11.1 Å². The van der Waals surface area contributed by atoms with Crippen LogP contribution >= 0.6 is 11.3 Å². The van der Waals surface area contributed by atoms with Gasteiger partial charge < -0.3 is 14.8 Å². The van der Waals surface area contributed by atoms with Crippen LogP contribution in [0.1, 0.15) is 16.1 Å². The van der Waals surface area contributed by atoms with Gasteiger partial charge in [0.15, 0.2) is 0 Å². The van der Waals surface area contributed by atoms with Gasteiger partial charge in [-0.25, -0.2) is 14.4 Å². The molecule has 0 saturated heterocycles. The SMILES string of the molecule is COc1cc(C(=O)Nc2sc(Oc3cccc(F)c3)nc2C)c2ccccc2n1. The van der Waals surface area contributed by atoms with Crippen LogP contribution in [0, 0.1) is 12.7 Å². The van der Waals surface area contributed by atoms with Crippen molar-refractivity contribution in [3.8, 4) is 16.8 Å². The summed E-state index contributed by atoms with van der Waals surface area (Å²) in [6, 6.07) is 14.7. The summed E-state index contributed by atoms with van der Waals surface area (Å²) in [7, 11) is 1.50. The van der Waals surface area contributed by atoms with Crippen molar-refractivity contribution in [1.29, 1.82) is 0 Å². The maximum atomic E-state index is 13.3. The molecule has 29 heavy (non-hydrogen) atoms. The van der Waals surface area contributed by atoms with Gasteiger partial charge in [0, 0.05) is 17.5 Å². The lowest BCUT2D eigenvalue weighted by molar-refractivity contribution is 0.102. The van der Waals surface area contributed by atoms with Crippen LogP contribution in [-0.2, 0) is 0 Å². The summed E-state index contributed by atoms with van der Waals surface area (Å²) in [4.78, 5) is 21.6. The molecular weight excluding hydrogens is 393 g/mol. The number of carbonyl (C=O) groups excluding carboxylic acids is 1. The molecular formula is C21H16FN3O3S. The van der Waals surface area contributed by atoms with Gasteiger partial charge in [0.1, 0.15) is 16.6 Å². The van der Waals surface area contributed by atoms with E-state index in [9.17, 15) is 9.18 Å². The number of carbonyl (C=O) groups is 1. The lowest BCUT2D eigenvalue weighted by Gasteiger charge is -2.09. The number of aromatic nitrogens is 2. The Bertz CT molecular complexity index is 1210. The number of hydrogen-bond acceptors (Lipinski definition) is 6. The number of nitrogens with one attached hydrogen (secondary N) is 1. The van der Waals surface area contributed by atoms with E-state index < -0.39 is 5.82 Å². The summed E-state index contributed by atoms with van der Waals surface area (Å²) in [6.07, 6.45) is 0. The zero-order valence-electron chi connectivity index (χ0n) is 15.6. The molecule has 0 aliphatic carbocycles. The van der Waals surface area contributed by atoms with Crippen molar-refractivity contribution >= 4 is 33.1 Å². The Morgan fingerprint density at radius 3 is 2.72 bits per heavy atom. The molecule has 0 unspecified atom stereocenters. The quantitative estimate of drug-likeness (QED) is 0.491. The summed E-state index contributed by atoms with van der Waals surface area (Å²) in [5.74, 6) is -0.0275. The minimum absolute atomic E-state index is 0.306. The average molecular weight is 409 g/mol. The molecule has 0 radical (unpaired) electrons. The highest BCUT2D eigenvalue weighted by molar-refractivity contribution is 7.17. The van der Waals surface area contributed by atoms with Crippen molar-refractivity contribution in [1.82, 2.24) is 9.97 Å². The number of fused-ring (bicyclic) bond motifs is 1. The summed E-state index contributed by atoms with van der Waals surface area (Å²) < 4.78 is 24.2. The minimum Gasteiger partial charge on any atom is -0.481 e. The molecule has 0 atom stereocenters. The minimum atomic E-state index is -0.400. The third-order valence-corrected chi connectivity index (χ3v) is 5.10. The Morgan fingerprint density at radius 1 is 1.10 bits per heavy atom.